The topological polar surface area (TPSA) is 21.3 Å². The Bertz CT molecular complexity index is 657. The minimum Gasteiger partial charge on any atom is -0.496 e. The fourth-order valence-corrected chi connectivity index (χ4v) is 3.00. The van der Waals surface area contributed by atoms with E-state index in [9.17, 15) is 4.39 Å². The molecule has 112 valence electrons. The van der Waals surface area contributed by atoms with Crippen LogP contribution in [-0.4, -0.2) is 14.2 Å². The molecule has 0 bridgehead atoms. The van der Waals surface area contributed by atoms with Crippen LogP contribution < -0.4 is 10.1 Å². The zero-order valence-electron chi connectivity index (χ0n) is 12.6. The Morgan fingerprint density at radius 2 is 1.86 bits per heavy atom. The summed E-state index contributed by atoms with van der Waals surface area (Å²) in [7, 11) is 3.52. The second-order valence-corrected chi connectivity index (χ2v) is 5.87. The molecule has 0 aliphatic rings. The maximum absolute atomic E-state index is 13.6. The molecule has 1 unspecified atom stereocenters. The van der Waals surface area contributed by atoms with Gasteiger partial charge in [0, 0.05) is 10.0 Å². The van der Waals surface area contributed by atoms with Crippen molar-refractivity contribution in [2.75, 3.05) is 14.2 Å². The van der Waals surface area contributed by atoms with Crippen molar-refractivity contribution in [1.29, 1.82) is 0 Å². The molecule has 21 heavy (non-hydrogen) atoms. The molecule has 0 amide bonds. The minimum absolute atomic E-state index is 0.149. The number of hydrogen-bond donors (Lipinski definition) is 1. The van der Waals surface area contributed by atoms with Gasteiger partial charge in [0.05, 0.1) is 13.2 Å². The smallest absolute Gasteiger partial charge is 0.127 e. The van der Waals surface area contributed by atoms with Crippen LogP contribution in [0.15, 0.2) is 34.8 Å². The van der Waals surface area contributed by atoms with Crippen LogP contribution in [-0.2, 0) is 0 Å². The number of ether oxygens (including phenoxy) is 1. The minimum atomic E-state index is -0.253. The number of rotatable bonds is 4. The van der Waals surface area contributed by atoms with Gasteiger partial charge in [-0.05, 0) is 55.8 Å². The van der Waals surface area contributed by atoms with Crippen LogP contribution in [0.3, 0.4) is 0 Å². The maximum Gasteiger partial charge on any atom is 0.127 e. The Labute approximate surface area is 133 Å². The van der Waals surface area contributed by atoms with Gasteiger partial charge in [-0.15, -0.1) is 0 Å². The van der Waals surface area contributed by atoms with Crippen molar-refractivity contribution in [2.45, 2.75) is 19.9 Å². The van der Waals surface area contributed by atoms with Gasteiger partial charge in [0.1, 0.15) is 11.6 Å². The Kier molecular flexibility index (Phi) is 5.01. The van der Waals surface area contributed by atoms with Gasteiger partial charge in [0.2, 0.25) is 0 Å². The summed E-state index contributed by atoms with van der Waals surface area (Å²) < 4.78 is 20.1. The summed E-state index contributed by atoms with van der Waals surface area (Å²) in [6.07, 6.45) is 0. The predicted molar refractivity (Wildman–Crippen MR) is 87.5 cm³/mol. The zero-order valence-corrected chi connectivity index (χ0v) is 14.2. The first kappa shape index (κ1) is 16.0. The molecule has 0 aliphatic carbocycles. The van der Waals surface area contributed by atoms with E-state index in [1.54, 1.807) is 19.2 Å². The fraction of sp³-hybridized carbons (Fsp3) is 0.294. The van der Waals surface area contributed by atoms with Gasteiger partial charge < -0.3 is 10.1 Å². The van der Waals surface area contributed by atoms with E-state index in [0.29, 0.717) is 0 Å². The first-order chi connectivity index (χ1) is 9.99. The normalized spacial score (nSPS) is 12.3. The summed E-state index contributed by atoms with van der Waals surface area (Å²) in [5.74, 6) is 0.585. The second kappa shape index (κ2) is 6.58. The highest BCUT2D eigenvalue weighted by Gasteiger charge is 2.21. The van der Waals surface area contributed by atoms with Crippen LogP contribution in [0.4, 0.5) is 4.39 Å². The molecule has 2 nitrogen and oxygen atoms in total. The maximum atomic E-state index is 13.6. The first-order valence-corrected chi connectivity index (χ1v) is 7.55. The third-order valence-electron chi connectivity index (χ3n) is 3.78. The molecule has 0 heterocycles. The average molecular weight is 352 g/mol. The van der Waals surface area contributed by atoms with Crippen LogP contribution in [0.2, 0.25) is 0 Å². The number of benzene rings is 2. The summed E-state index contributed by atoms with van der Waals surface area (Å²) in [6.45, 7) is 4.08. The van der Waals surface area contributed by atoms with E-state index in [4.69, 9.17) is 4.74 Å². The van der Waals surface area contributed by atoms with E-state index in [0.717, 1.165) is 26.9 Å². The molecular weight excluding hydrogens is 333 g/mol. The second-order valence-electron chi connectivity index (χ2n) is 5.02. The largest absolute Gasteiger partial charge is 0.496 e. The Balaban J connectivity index is 2.62. The number of hydrogen-bond acceptors (Lipinski definition) is 2. The van der Waals surface area contributed by atoms with Gasteiger partial charge in [0.15, 0.2) is 0 Å². The predicted octanol–water partition coefficient (Wildman–Crippen LogP) is 4.52. The van der Waals surface area contributed by atoms with Gasteiger partial charge in [-0.1, -0.05) is 28.1 Å². The lowest BCUT2D eigenvalue weighted by atomic mass is 9.94. The molecule has 2 aromatic rings. The van der Waals surface area contributed by atoms with Crippen LogP contribution in [0.1, 0.15) is 28.3 Å². The molecule has 0 aliphatic heterocycles. The van der Waals surface area contributed by atoms with Crippen molar-refractivity contribution in [2.24, 2.45) is 0 Å². The molecule has 1 atom stereocenters. The third kappa shape index (κ3) is 3.11. The Morgan fingerprint density at radius 3 is 2.48 bits per heavy atom. The van der Waals surface area contributed by atoms with Gasteiger partial charge in [-0.3, -0.25) is 0 Å². The molecule has 0 aromatic heterocycles. The first-order valence-electron chi connectivity index (χ1n) is 6.76. The lowest BCUT2D eigenvalue weighted by Gasteiger charge is -2.23. The zero-order chi connectivity index (χ0) is 15.6. The monoisotopic (exact) mass is 351 g/mol. The lowest BCUT2D eigenvalue weighted by molar-refractivity contribution is 0.401. The quantitative estimate of drug-likeness (QED) is 0.873. The van der Waals surface area contributed by atoms with Crippen LogP contribution in [0.5, 0.6) is 5.75 Å². The van der Waals surface area contributed by atoms with Crippen molar-refractivity contribution in [3.05, 3.63) is 62.9 Å². The fourth-order valence-electron chi connectivity index (χ4n) is 2.52. The number of nitrogens with one attached hydrogen (secondary N) is 1. The standard InChI is InChI=1S/C17H19BrFNO/c1-10-5-7-13(17(21-4)11(10)2)16(20-3)14-9-12(19)6-8-15(14)18/h5-9,16,20H,1-4H3. The lowest BCUT2D eigenvalue weighted by Crippen LogP contribution is -2.19. The summed E-state index contributed by atoms with van der Waals surface area (Å²) in [5, 5.41) is 3.25. The Morgan fingerprint density at radius 1 is 1.14 bits per heavy atom. The van der Waals surface area contributed by atoms with Crippen molar-refractivity contribution >= 4 is 15.9 Å². The Hall–Kier alpha value is -1.39. The highest BCUT2D eigenvalue weighted by molar-refractivity contribution is 9.10. The summed E-state index contributed by atoms with van der Waals surface area (Å²) in [5.41, 5.74) is 4.11. The molecule has 2 aromatic carbocycles. The van der Waals surface area contributed by atoms with Gasteiger partial charge >= 0.3 is 0 Å². The summed E-state index contributed by atoms with van der Waals surface area (Å²) in [4.78, 5) is 0. The summed E-state index contributed by atoms with van der Waals surface area (Å²) in [6, 6.07) is 8.65. The highest BCUT2D eigenvalue weighted by atomic mass is 79.9. The van der Waals surface area contributed by atoms with Crippen molar-refractivity contribution < 1.29 is 9.13 Å². The summed E-state index contributed by atoms with van der Waals surface area (Å²) >= 11 is 3.50. The van der Waals surface area contributed by atoms with Gasteiger partial charge in [-0.2, -0.15) is 0 Å². The van der Waals surface area contributed by atoms with E-state index in [1.165, 1.54) is 11.6 Å². The molecule has 0 fully saturated rings. The molecule has 1 N–H and O–H groups in total. The molecule has 0 saturated carbocycles. The van der Waals surface area contributed by atoms with E-state index >= 15 is 0 Å². The third-order valence-corrected chi connectivity index (χ3v) is 4.50. The molecule has 0 spiro atoms. The molecule has 0 radical (unpaired) electrons. The van der Waals surface area contributed by atoms with Gasteiger partial charge in [0.25, 0.3) is 0 Å². The van der Waals surface area contributed by atoms with E-state index in [-0.39, 0.29) is 11.9 Å². The number of halogens is 2. The van der Waals surface area contributed by atoms with Crippen LogP contribution in [0.25, 0.3) is 0 Å². The van der Waals surface area contributed by atoms with Crippen LogP contribution in [0, 0.1) is 19.7 Å². The van der Waals surface area contributed by atoms with E-state index < -0.39 is 0 Å². The van der Waals surface area contributed by atoms with Gasteiger partial charge in [-0.25, -0.2) is 4.39 Å². The number of methoxy groups -OCH3 is 1. The van der Waals surface area contributed by atoms with Crippen molar-refractivity contribution in [3.8, 4) is 5.75 Å². The van der Waals surface area contributed by atoms with Crippen molar-refractivity contribution in [1.82, 2.24) is 5.32 Å². The van der Waals surface area contributed by atoms with E-state index in [2.05, 4.69) is 27.3 Å². The highest BCUT2D eigenvalue weighted by Crippen LogP contribution is 2.36. The van der Waals surface area contributed by atoms with Crippen molar-refractivity contribution in [3.63, 3.8) is 0 Å². The molecular formula is C17H19BrFNO. The number of aryl methyl sites for hydroxylation is 1. The molecule has 4 heteroatoms. The SMILES string of the molecule is CNC(c1cc(F)ccc1Br)c1ccc(C)c(C)c1OC. The average Bonchev–Trinajstić information content (AvgIpc) is 2.47. The molecule has 2 rings (SSSR count). The molecule has 0 saturated heterocycles. The van der Waals surface area contributed by atoms with Crippen LogP contribution >= 0.6 is 15.9 Å². The van der Waals surface area contributed by atoms with E-state index in [1.807, 2.05) is 27.0 Å².